The number of benzene rings is 1. The second kappa shape index (κ2) is 13.8. The zero-order valence-corrected chi connectivity index (χ0v) is 23.9. The highest BCUT2D eigenvalue weighted by Gasteiger charge is 2.33. The van der Waals surface area contributed by atoms with Gasteiger partial charge in [-0.1, -0.05) is 26.0 Å². The molecule has 0 aliphatic carbocycles. The minimum Gasteiger partial charge on any atom is -0.449 e. The van der Waals surface area contributed by atoms with E-state index in [0.29, 0.717) is 22.8 Å². The van der Waals surface area contributed by atoms with Crippen LogP contribution in [-0.2, 0) is 22.5 Å². The van der Waals surface area contributed by atoms with Gasteiger partial charge >= 0.3 is 6.09 Å². The number of ether oxygens (including phenoxy) is 1. The van der Waals surface area contributed by atoms with Gasteiger partial charge in [0, 0.05) is 31.1 Å². The van der Waals surface area contributed by atoms with Gasteiger partial charge in [-0.25, -0.2) is 14.2 Å². The van der Waals surface area contributed by atoms with Crippen molar-refractivity contribution in [3.8, 4) is 0 Å². The van der Waals surface area contributed by atoms with E-state index in [-0.39, 0.29) is 49.5 Å². The third-order valence-corrected chi connectivity index (χ3v) is 6.75. The molecule has 0 saturated carbocycles. The number of halogens is 1. The predicted molar refractivity (Wildman–Crippen MR) is 152 cm³/mol. The zero-order valence-electron chi connectivity index (χ0n) is 23.1. The summed E-state index contributed by atoms with van der Waals surface area (Å²) in [5, 5.41) is 7.67. The Labute approximate surface area is 237 Å². The lowest BCUT2D eigenvalue weighted by Crippen LogP contribution is -2.45. The monoisotopic (exact) mass is 570 g/mol. The van der Waals surface area contributed by atoms with Crippen molar-refractivity contribution in [2.75, 3.05) is 30.7 Å². The molecule has 2 heterocycles. The number of anilines is 2. The molecular formula is C28H35FN6O4S. The Morgan fingerprint density at radius 3 is 2.62 bits per heavy atom. The fourth-order valence-corrected chi connectivity index (χ4v) is 4.35. The van der Waals surface area contributed by atoms with Crippen LogP contribution >= 0.6 is 11.3 Å². The molecule has 0 fully saturated rings. The molecule has 0 atom stereocenters. The van der Waals surface area contributed by atoms with Gasteiger partial charge in [-0.05, 0) is 44.0 Å². The lowest BCUT2D eigenvalue weighted by Gasteiger charge is -2.31. The van der Waals surface area contributed by atoms with Gasteiger partial charge in [0.2, 0.25) is 5.91 Å². The quantitative estimate of drug-likeness (QED) is 0.273. The van der Waals surface area contributed by atoms with Crippen molar-refractivity contribution in [2.45, 2.75) is 40.7 Å². The number of carbonyl (C=O) groups is 3. The lowest BCUT2D eigenvalue weighted by molar-refractivity contribution is -0.124. The van der Waals surface area contributed by atoms with Crippen LogP contribution in [0.5, 0.6) is 0 Å². The summed E-state index contributed by atoms with van der Waals surface area (Å²) in [7, 11) is 0. The highest BCUT2D eigenvalue weighted by molar-refractivity contribution is 7.09. The fraction of sp³-hybridized carbons (Fsp3) is 0.393. The summed E-state index contributed by atoms with van der Waals surface area (Å²) in [5.74, 6) is -1.12. The van der Waals surface area contributed by atoms with Crippen LogP contribution in [0.3, 0.4) is 0 Å². The molecule has 0 aliphatic rings. The first-order valence-corrected chi connectivity index (χ1v) is 13.7. The first-order chi connectivity index (χ1) is 19.0. The molecule has 0 bridgehead atoms. The van der Waals surface area contributed by atoms with E-state index >= 15 is 0 Å². The van der Waals surface area contributed by atoms with E-state index in [1.807, 2.05) is 13.8 Å². The van der Waals surface area contributed by atoms with Crippen LogP contribution in [0.2, 0.25) is 0 Å². The van der Waals surface area contributed by atoms with Gasteiger partial charge in [0.25, 0.3) is 5.91 Å². The molecule has 40 heavy (non-hydrogen) atoms. The number of amides is 3. The number of nitrogens with zero attached hydrogens (tertiary/aromatic N) is 3. The molecule has 1 aromatic carbocycles. The Kier molecular flexibility index (Phi) is 10.5. The van der Waals surface area contributed by atoms with Gasteiger partial charge in [-0.15, -0.1) is 11.3 Å². The van der Waals surface area contributed by atoms with E-state index in [4.69, 9.17) is 10.5 Å². The Morgan fingerprint density at radius 2 is 1.93 bits per heavy atom. The molecule has 3 amide bonds. The van der Waals surface area contributed by atoms with Crippen molar-refractivity contribution < 1.29 is 23.5 Å². The highest BCUT2D eigenvalue weighted by atomic mass is 32.1. The summed E-state index contributed by atoms with van der Waals surface area (Å²) in [6.07, 6.45) is 1.25. The van der Waals surface area contributed by atoms with Gasteiger partial charge in [0.05, 0.1) is 40.6 Å². The van der Waals surface area contributed by atoms with E-state index in [0.717, 1.165) is 0 Å². The summed E-state index contributed by atoms with van der Waals surface area (Å²) in [4.78, 5) is 48.4. The summed E-state index contributed by atoms with van der Waals surface area (Å²) in [6, 6.07) is 9.69. The molecule has 214 valence electrons. The number of nitrogens with two attached hydrogens (primary N) is 1. The molecule has 10 nitrogen and oxygen atoms in total. The average molecular weight is 571 g/mol. The van der Waals surface area contributed by atoms with E-state index < -0.39 is 23.2 Å². The van der Waals surface area contributed by atoms with Crippen LogP contribution in [0.4, 0.5) is 20.6 Å². The second-order valence-corrected chi connectivity index (χ2v) is 11.3. The highest BCUT2D eigenvalue weighted by Crippen LogP contribution is 2.24. The van der Waals surface area contributed by atoms with Crippen LogP contribution < -0.4 is 16.4 Å². The average Bonchev–Trinajstić information content (AvgIpc) is 3.39. The van der Waals surface area contributed by atoms with E-state index in [1.54, 1.807) is 43.5 Å². The SMILES string of the molecule is CC(C)COC(=O)N(CCc1nc(C(=O)NCc2ncccc2F)cs1)CC(C)(C)C(=O)Nc1ccccc1N. The molecule has 0 spiro atoms. The smallest absolute Gasteiger partial charge is 0.409 e. The van der Waals surface area contributed by atoms with Crippen LogP contribution in [0.1, 0.15) is 48.9 Å². The normalized spacial score (nSPS) is 11.2. The lowest BCUT2D eigenvalue weighted by atomic mass is 9.91. The maximum absolute atomic E-state index is 13.8. The summed E-state index contributed by atoms with van der Waals surface area (Å²) < 4.78 is 19.2. The van der Waals surface area contributed by atoms with Crippen molar-refractivity contribution in [3.63, 3.8) is 0 Å². The van der Waals surface area contributed by atoms with E-state index in [1.165, 1.54) is 34.6 Å². The van der Waals surface area contributed by atoms with Gasteiger partial charge in [-0.2, -0.15) is 0 Å². The van der Waals surface area contributed by atoms with Crippen LogP contribution in [-0.4, -0.2) is 52.5 Å². The zero-order chi connectivity index (χ0) is 29.3. The number of hydrogen-bond donors (Lipinski definition) is 3. The van der Waals surface area contributed by atoms with Gasteiger partial charge in [-0.3, -0.25) is 14.6 Å². The Hall–Kier alpha value is -4.06. The number of hydrogen-bond acceptors (Lipinski definition) is 8. The standard InChI is InChI=1S/C28H35FN6O4S/c1-18(2)15-39-27(38)35(17-28(3,4)26(37)34-21-10-6-5-9-20(21)30)13-11-24-33-23(16-40-24)25(36)32-14-22-19(29)8-7-12-31-22/h5-10,12,16,18H,11,13-15,17,30H2,1-4H3,(H,32,36)(H,34,37). The van der Waals surface area contributed by atoms with Crippen molar-refractivity contribution in [1.29, 1.82) is 0 Å². The van der Waals surface area contributed by atoms with Crippen molar-refractivity contribution in [2.24, 2.45) is 11.3 Å². The molecule has 4 N–H and O–H groups in total. The largest absolute Gasteiger partial charge is 0.449 e. The summed E-state index contributed by atoms with van der Waals surface area (Å²) >= 11 is 1.27. The molecule has 3 rings (SSSR count). The number of pyridine rings is 1. The predicted octanol–water partition coefficient (Wildman–Crippen LogP) is 4.49. The fourth-order valence-electron chi connectivity index (χ4n) is 3.58. The molecule has 3 aromatic rings. The minimum absolute atomic E-state index is 0.0698. The minimum atomic E-state index is -0.978. The third-order valence-electron chi connectivity index (χ3n) is 5.84. The Morgan fingerprint density at radius 1 is 1.18 bits per heavy atom. The number of nitrogens with one attached hydrogen (secondary N) is 2. The van der Waals surface area contributed by atoms with Gasteiger partial charge in [0.15, 0.2) is 0 Å². The number of para-hydroxylation sites is 2. The Balaban J connectivity index is 1.64. The molecule has 0 saturated heterocycles. The number of aromatic nitrogens is 2. The molecule has 12 heteroatoms. The Bertz CT molecular complexity index is 1330. The maximum Gasteiger partial charge on any atom is 0.409 e. The molecule has 2 aromatic heterocycles. The molecule has 0 radical (unpaired) electrons. The van der Waals surface area contributed by atoms with Gasteiger partial charge < -0.3 is 26.0 Å². The second-order valence-electron chi connectivity index (χ2n) is 10.3. The topological polar surface area (TPSA) is 140 Å². The molecule has 0 unspecified atom stereocenters. The van der Waals surface area contributed by atoms with Crippen molar-refractivity contribution >= 4 is 40.6 Å². The van der Waals surface area contributed by atoms with Crippen molar-refractivity contribution in [3.05, 3.63) is 70.2 Å². The summed E-state index contributed by atoms with van der Waals surface area (Å²) in [5.41, 5.74) is 6.23. The number of rotatable bonds is 12. The van der Waals surface area contributed by atoms with Crippen LogP contribution in [0.25, 0.3) is 0 Å². The number of carbonyl (C=O) groups excluding carboxylic acids is 3. The van der Waals surface area contributed by atoms with Crippen LogP contribution in [0.15, 0.2) is 48.0 Å². The van der Waals surface area contributed by atoms with Gasteiger partial charge in [0.1, 0.15) is 11.5 Å². The van der Waals surface area contributed by atoms with E-state index in [9.17, 15) is 18.8 Å². The van der Waals surface area contributed by atoms with Crippen molar-refractivity contribution in [1.82, 2.24) is 20.2 Å². The number of nitrogen functional groups attached to an aromatic ring is 1. The molecule has 0 aliphatic heterocycles. The third kappa shape index (κ3) is 8.73. The van der Waals surface area contributed by atoms with E-state index in [2.05, 4.69) is 20.6 Å². The first-order valence-electron chi connectivity index (χ1n) is 12.9. The first kappa shape index (κ1) is 30.5. The maximum atomic E-state index is 13.8. The van der Waals surface area contributed by atoms with Crippen LogP contribution in [0, 0.1) is 17.2 Å². The molecular weight excluding hydrogens is 535 g/mol. The number of thiazole rings is 1. The summed E-state index contributed by atoms with van der Waals surface area (Å²) in [6.45, 7) is 7.81.